The Morgan fingerprint density at radius 2 is 1.94 bits per heavy atom. The van der Waals surface area contributed by atoms with E-state index in [4.69, 9.17) is 9.72 Å². The largest absolute Gasteiger partial charge is 0.376 e. The van der Waals surface area contributed by atoms with Gasteiger partial charge in [0.25, 0.3) is 5.56 Å². The summed E-state index contributed by atoms with van der Waals surface area (Å²) in [7, 11) is 0. The van der Waals surface area contributed by atoms with Crippen LogP contribution in [0.25, 0.3) is 21.7 Å². The first-order valence-corrected chi connectivity index (χ1v) is 12.0. The maximum atomic E-state index is 13.3. The summed E-state index contributed by atoms with van der Waals surface area (Å²) >= 11 is 1.30. The predicted octanol–water partition coefficient (Wildman–Crippen LogP) is 4.85. The molecule has 1 amide bonds. The molecule has 1 aromatic heterocycles. The van der Waals surface area contributed by atoms with E-state index in [-0.39, 0.29) is 17.6 Å². The van der Waals surface area contributed by atoms with Gasteiger partial charge < -0.3 is 10.1 Å². The number of carbonyl (C=O) groups excluding carboxylic acids is 1. The molecule has 1 aliphatic rings. The number of benzene rings is 3. The highest BCUT2D eigenvalue weighted by Crippen LogP contribution is 2.26. The number of carbonyl (C=O) groups is 1. The van der Waals surface area contributed by atoms with Gasteiger partial charge in [-0.05, 0) is 54.8 Å². The van der Waals surface area contributed by atoms with Crippen LogP contribution in [0, 0.1) is 0 Å². The number of hydrogen-bond donors (Lipinski definition) is 1. The lowest BCUT2D eigenvalue weighted by molar-refractivity contribution is -0.115. The molecule has 33 heavy (non-hydrogen) atoms. The van der Waals surface area contributed by atoms with E-state index < -0.39 is 5.25 Å². The number of anilines is 1. The SMILES string of the molecule is C[C@H](Sc1nc2ccccc2c(=O)n1C[C@@H]1CCCO1)C(=O)Nc1ccc2ccccc2c1. The molecule has 0 spiro atoms. The van der Waals surface area contributed by atoms with Gasteiger partial charge in [-0.25, -0.2) is 4.98 Å². The Kier molecular flexibility index (Phi) is 6.15. The summed E-state index contributed by atoms with van der Waals surface area (Å²) in [4.78, 5) is 31.0. The summed E-state index contributed by atoms with van der Waals surface area (Å²) in [5.74, 6) is -0.138. The van der Waals surface area contributed by atoms with Crippen molar-refractivity contribution in [2.45, 2.75) is 42.8 Å². The zero-order valence-electron chi connectivity index (χ0n) is 18.4. The van der Waals surface area contributed by atoms with Gasteiger partial charge in [0.2, 0.25) is 5.91 Å². The maximum absolute atomic E-state index is 13.3. The van der Waals surface area contributed by atoms with Gasteiger partial charge in [0.15, 0.2) is 5.16 Å². The summed E-state index contributed by atoms with van der Waals surface area (Å²) in [6.45, 7) is 2.99. The number of rotatable bonds is 6. The van der Waals surface area contributed by atoms with E-state index in [0.717, 1.165) is 29.3 Å². The lowest BCUT2D eigenvalue weighted by atomic mass is 10.1. The Balaban J connectivity index is 1.40. The number of ether oxygens (including phenoxy) is 1. The number of nitrogens with zero attached hydrogens (tertiary/aromatic N) is 2. The molecule has 6 nitrogen and oxygen atoms in total. The molecule has 2 atom stereocenters. The highest BCUT2D eigenvalue weighted by Gasteiger charge is 2.23. The van der Waals surface area contributed by atoms with E-state index in [2.05, 4.69) is 5.32 Å². The first-order valence-electron chi connectivity index (χ1n) is 11.2. The van der Waals surface area contributed by atoms with Crippen LogP contribution in [0.15, 0.2) is 76.7 Å². The van der Waals surface area contributed by atoms with E-state index in [0.29, 0.717) is 29.2 Å². The van der Waals surface area contributed by atoms with Crippen molar-refractivity contribution in [3.63, 3.8) is 0 Å². The van der Waals surface area contributed by atoms with Crippen LogP contribution >= 0.6 is 11.8 Å². The van der Waals surface area contributed by atoms with E-state index in [1.54, 1.807) is 10.6 Å². The van der Waals surface area contributed by atoms with Crippen molar-refractivity contribution >= 4 is 45.0 Å². The Morgan fingerprint density at radius 3 is 2.76 bits per heavy atom. The smallest absolute Gasteiger partial charge is 0.262 e. The van der Waals surface area contributed by atoms with E-state index in [9.17, 15) is 9.59 Å². The minimum Gasteiger partial charge on any atom is -0.376 e. The molecule has 7 heteroatoms. The number of amides is 1. The lowest BCUT2D eigenvalue weighted by Gasteiger charge is -2.18. The second-order valence-corrected chi connectivity index (χ2v) is 9.58. The second kappa shape index (κ2) is 9.37. The fourth-order valence-corrected chi connectivity index (χ4v) is 5.03. The van der Waals surface area contributed by atoms with Gasteiger partial charge in [0.05, 0.1) is 28.8 Å². The Bertz CT molecular complexity index is 1380. The van der Waals surface area contributed by atoms with Crippen molar-refractivity contribution in [2.75, 3.05) is 11.9 Å². The molecule has 1 fully saturated rings. The Morgan fingerprint density at radius 1 is 1.15 bits per heavy atom. The number of nitrogens with one attached hydrogen (secondary N) is 1. The van der Waals surface area contributed by atoms with Crippen LogP contribution in [0.3, 0.4) is 0 Å². The van der Waals surface area contributed by atoms with Crippen LogP contribution in [0.1, 0.15) is 19.8 Å². The van der Waals surface area contributed by atoms with Crippen molar-refractivity contribution in [3.8, 4) is 0 Å². The normalized spacial score (nSPS) is 16.8. The van der Waals surface area contributed by atoms with Gasteiger partial charge >= 0.3 is 0 Å². The van der Waals surface area contributed by atoms with Crippen LogP contribution in [-0.2, 0) is 16.1 Å². The van der Waals surface area contributed by atoms with Gasteiger partial charge in [0, 0.05) is 12.3 Å². The quantitative estimate of drug-likeness (QED) is 0.330. The van der Waals surface area contributed by atoms with Gasteiger partial charge in [-0.2, -0.15) is 0 Å². The molecule has 2 heterocycles. The predicted molar refractivity (Wildman–Crippen MR) is 133 cm³/mol. The number of hydrogen-bond acceptors (Lipinski definition) is 5. The first kappa shape index (κ1) is 21.7. The average Bonchev–Trinajstić information content (AvgIpc) is 3.35. The fourth-order valence-electron chi connectivity index (χ4n) is 4.11. The van der Waals surface area contributed by atoms with Gasteiger partial charge in [0.1, 0.15) is 0 Å². The second-order valence-electron chi connectivity index (χ2n) is 8.27. The van der Waals surface area contributed by atoms with Crippen molar-refractivity contribution in [2.24, 2.45) is 0 Å². The molecule has 168 valence electrons. The molecular formula is C26H25N3O3S. The topological polar surface area (TPSA) is 73.2 Å². The van der Waals surface area contributed by atoms with Gasteiger partial charge in [-0.15, -0.1) is 0 Å². The minimum atomic E-state index is -0.444. The third-order valence-corrected chi connectivity index (χ3v) is 7.00. The molecule has 1 N–H and O–H groups in total. The van der Waals surface area contributed by atoms with Crippen LogP contribution < -0.4 is 10.9 Å². The van der Waals surface area contributed by atoms with Crippen molar-refractivity contribution < 1.29 is 9.53 Å². The van der Waals surface area contributed by atoms with E-state index in [1.165, 1.54) is 11.8 Å². The molecule has 0 unspecified atom stereocenters. The molecule has 4 aromatic rings. The highest BCUT2D eigenvalue weighted by atomic mass is 32.2. The van der Waals surface area contributed by atoms with E-state index >= 15 is 0 Å². The minimum absolute atomic E-state index is 0.00764. The monoisotopic (exact) mass is 459 g/mol. The molecule has 1 saturated heterocycles. The number of thioether (sulfide) groups is 1. The molecule has 5 rings (SSSR count). The molecule has 1 aliphatic heterocycles. The van der Waals surface area contributed by atoms with Gasteiger partial charge in [-0.3, -0.25) is 14.2 Å². The molecular weight excluding hydrogens is 434 g/mol. The molecule has 0 bridgehead atoms. The average molecular weight is 460 g/mol. The lowest BCUT2D eigenvalue weighted by Crippen LogP contribution is -2.30. The van der Waals surface area contributed by atoms with Gasteiger partial charge in [-0.1, -0.05) is 54.2 Å². The highest BCUT2D eigenvalue weighted by molar-refractivity contribution is 8.00. The standard InChI is InChI=1S/C26H25N3O3S/c1-17(24(30)27-20-13-12-18-7-2-3-8-19(18)15-20)33-26-28-23-11-5-4-10-22(23)25(31)29(26)16-21-9-6-14-32-21/h2-5,7-8,10-13,15,17,21H,6,9,14,16H2,1H3,(H,27,30)/t17-,21-/m0/s1. The van der Waals surface area contributed by atoms with Crippen molar-refractivity contribution in [1.29, 1.82) is 0 Å². The zero-order valence-corrected chi connectivity index (χ0v) is 19.2. The third-order valence-electron chi connectivity index (χ3n) is 5.91. The zero-order chi connectivity index (χ0) is 22.8. The fraction of sp³-hybridized carbons (Fsp3) is 0.269. The van der Waals surface area contributed by atoms with Crippen LogP contribution in [0.5, 0.6) is 0 Å². The number of aromatic nitrogens is 2. The summed E-state index contributed by atoms with van der Waals surface area (Å²) in [6, 6.07) is 21.2. The van der Waals surface area contributed by atoms with Crippen LogP contribution in [0.2, 0.25) is 0 Å². The summed E-state index contributed by atoms with van der Waals surface area (Å²) in [5, 5.41) is 5.86. The maximum Gasteiger partial charge on any atom is 0.262 e. The molecule has 0 aliphatic carbocycles. The van der Waals surface area contributed by atoms with E-state index in [1.807, 2.05) is 67.6 Å². The Hall–Kier alpha value is -3.16. The van der Waals surface area contributed by atoms with Crippen LogP contribution in [-0.4, -0.2) is 33.4 Å². The molecule has 0 radical (unpaired) electrons. The summed E-state index contributed by atoms with van der Waals surface area (Å²) < 4.78 is 7.44. The van der Waals surface area contributed by atoms with Crippen molar-refractivity contribution in [1.82, 2.24) is 9.55 Å². The summed E-state index contributed by atoms with van der Waals surface area (Å²) in [6.07, 6.45) is 1.90. The molecule has 0 saturated carbocycles. The number of para-hydroxylation sites is 1. The van der Waals surface area contributed by atoms with Crippen LogP contribution in [0.4, 0.5) is 5.69 Å². The summed E-state index contributed by atoms with van der Waals surface area (Å²) in [5.41, 5.74) is 1.28. The Labute approximate surface area is 196 Å². The van der Waals surface area contributed by atoms with Crippen molar-refractivity contribution in [3.05, 3.63) is 77.1 Å². The third kappa shape index (κ3) is 4.65. The first-order chi connectivity index (χ1) is 16.1. The molecule has 3 aromatic carbocycles. The number of fused-ring (bicyclic) bond motifs is 2.